The van der Waals surface area contributed by atoms with Crippen molar-refractivity contribution in [2.45, 2.75) is 30.8 Å². The van der Waals surface area contributed by atoms with E-state index in [1.165, 1.54) is 19.2 Å². The lowest BCUT2D eigenvalue weighted by Crippen LogP contribution is -2.48. The lowest BCUT2D eigenvalue weighted by molar-refractivity contribution is -0.125. The molecule has 0 radical (unpaired) electrons. The van der Waals surface area contributed by atoms with E-state index in [0.29, 0.717) is 12.2 Å². The summed E-state index contributed by atoms with van der Waals surface area (Å²) in [4.78, 5) is 11.9. The summed E-state index contributed by atoms with van der Waals surface area (Å²) in [5, 5.41) is 2.67. The Morgan fingerprint density at radius 2 is 2.05 bits per heavy atom. The zero-order chi connectivity index (χ0) is 16.8. The van der Waals surface area contributed by atoms with E-state index in [9.17, 15) is 13.2 Å². The Labute approximate surface area is 131 Å². The molecule has 1 aromatic carbocycles. The summed E-state index contributed by atoms with van der Waals surface area (Å²) in [6, 6.07) is 6.37. The molecule has 8 heteroatoms. The molecule has 7 nitrogen and oxygen atoms in total. The number of hydrogen-bond acceptors (Lipinski definition) is 5. The van der Waals surface area contributed by atoms with Crippen molar-refractivity contribution < 1.29 is 17.9 Å². The highest BCUT2D eigenvalue weighted by Gasteiger charge is 2.21. The maximum atomic E-state index is 12.1. The van der Waals surface area contributed by atoms with Crippen molar-refractivity contribution in [3.05, 3.63) is 29.8 Å². The molecule has 1 rings (SSSR count). The molecule has 0 spiro atoms. The zero-order valence-corrected chi connectivity index (χ0v) is 13.9. The normalized spacial score (nSPS) is 12.2. The number of amides is 1. The Morgan fingerprint density at radius 1 is 1.36 bits per heavy atom. The standard InChI is InChI=1S/C14H23N3O4S/c1-14(2,15)13(18)16-10-11-5-4-6-12(9-11)22(19,20)17-7-8-21-3/h4-6,9,17H,7-8,10,15H2,1-3H3,(H,16,18). The van der Waals surface area contributed by atoms with E-state index in [1.54, 1.807) is 26.0 Å². The highest BCUT2D eigenvalue weighted by atomic mass is 32.2. The predicted octanol–water partition coefficient (Wildman–Crippen LogP) is -0.0352. The maximum absolute atomic E-state index is 12.1. The first-order valence-corrected chi connectivity index (χ1v) is 8.30. The summed E-state index contributed by atoms with van der Waals surface area (Å²) in [6.07, 6.45) is 0. The van der Waals surface area contributed by atoms with Crippen molar-refractivity contribution in [3.63, 3.8) is 0 Å². The van der Waals surface area contributed by atoms with E-state index in [0.717, 1.165) is 0 Å². The van der Waals surface area contributed by atoms with Crippen LogP contribution in [0.1, 0.15) is 19.4 Å². The van der Waals surface area contributed by atoms with Gasteiger partial charge in [0, 0.05) is 20.2 Å². The summed E-state index contributed by atoms with van der Waals surface area (Å²) in [6.45, 7) is 3.90. The minimum Gasteiger partial charge on any atom is -0.383 e. The fourth-order valence-corrected chi connectivity index (χ4v) is 2.68. The second-order valence-electron chi connectivity index (χ2n) is 5.44. The molecule has 0 aromatic heterocycles. The van der Waals surface area contributed by atoms with Crippen LogP contribution >= 0.6 is 0 Å². The second kappa shape index (κ2) is 7.68. The molecule has 0 saturated heterocycles. The largest absolute Gasteiger partial charge is 0.383 e. The molecule has 0 aliphatic heterocycles. The molecule has 0 atom stereocenters. The molecule has 0 unspecified atom stereocenters. The molecule has 0 aliphatic rings. The van der Waals surface area contributed by atoms with Crippen molar-refractivity contribution in [2.24, 2.45) is 5.73 Å². The van der Waals surface area contributed by atoms with Crippen LogP contribution in [-0.4, -0.2) is 40.1 Å². The van der Waals surface area contributed by atoms with Gasteiger partial charge in [-0.1, -0.05) is 12.1 Å². The summed E-state index contributed by atoms with van der Waals surface area (Å²) in [5.74, 6) is -0.307. The predicted molar refractivity (Wildman–Crippen MR) is 83.6 cm³/mol. The molecular formula is C14H23N3O4S. The fraction of sp³-hybridized carbons (Fsp3) is 0.500. The molecule has 124 valence electrons. The minimum atomic E-state index is -3.59. The Bertz CT molecular complexity index is 609. The number of benzene rings is 1. The van der Waals surface area contributed by atoms with Crippen LogP contribution in [0.15, 0.2) is 29.2 Å². The lowest BCUT2D eigenvalue weighted by atomic mass is 10.1. The third-order valence-electron chi connectivity index (χ3n) is 2.85. The van der Waals surface area contributed by atoms with Crippen LogP contribution in [0.3, 0.4) is 0 Å². The van der Waals surface area contributed by atoms with Crippen LogP contribution in [0.2, 0.25) is 0 Å². The van der Waals surface area contributed by atoms with Gasteiger partial charge in [-0.3, -0.25) is 4.79 Å². The topological polar surface area (TPSA) is 111 Å². The zero-order valence-electron chi connectivity index (χ0n) is 13.0. The van der Waals surface area contributed by atoms with Crippen molar-refractivity contribution >= 4 is 15.9 Å². The molecule has 0 heterocycles. The monoisotopic (exact) mass is 329 g/mol. The van der Waals surface area contributed by atoms with E-state index in [2.05, 4.69) is 10.0 Å². The van der Waals surface area contributed by atoms with Gasteiger partial charge in [-0.05, 0) is 31.5 Å². The van der Waals surface area contributed by atoms with Crippen molar-refractivity contribution in [2.75, 3.05) is 20.3 Å². The Hall–Kier alpha value is -1.48. The van der Waals surface area contributed by atoms with Gasteiger partial charge in [0.25, 0.3) is 0 Å². The molecule has 0 bridgehead atoms. The second-order valence-corrected chi connectivity index (χ2v) is 7.21. The summed E-state index contributed by atoms with van der Waals surface area (Å²) in [7, 11) is -2.09. The molecule has 4 N–H and O–H groups in total. The Kier molecular flexibility index (Phi) is 6.48. The number of carbonyl (C=O) groups is 1. The fourth-order valence-electron chi connectivity index (χ4n) is 1.59. The number of sulfonamides is 1. The molecule has 1 aromatic rings. The smallest absolute Gasteiger partial charge is 0.240 e. The van der Waals surface area contributed by atoms with Gasteiger partial charge in [-0.25, -0.2) is 13.1 Å². The van der Waals surface area contributed by atoms with Crippen LogP contribution < -0.4 is 15.8 Å². The van der Waals surface area contributed by atoms with Gasteiger partial charge < -0.3 is 15.8 Å². The van der Waals surface area contributed by atoms with E-state index < -0.39 is 15.6 Å². The lowest BCUT2D eigenvalue weighted by Gasteiger charge is -2.18. The van der Waals surface area contributed by atoms with Crippen molar-refractivity contribution in [3.8, 4) is 0 Å². The first-order valence-electron chi connectivity index (χ1n) is 6.81. The molecule has 0 fully saturated rings. The van der Waals surface area contributed by atoms with Crippen molar-refractivity contribution in [1.82, 2.24) is 10.0 Å². The average Bonchev–Trinajstić information content (AvgIpc) is 2.44. The molecule has 22 heavy (non-hydrogen) atoms. The van der Waals surface area contributed by atoms with Gasteiger partial charge in [0.15, 0.2) is 0 Å². The number of hydrogen-bond donors (Lipinski definition) is 3. The molecule has 1 amide bonds. The van der Waals surface area contributed by atoms with Gasteiger partial charge >= 0.3 is 0 Å². The summed E-state index contributed by atoms with van der Waals surface area (Å²) < 4.78 is 31.4. The number of ether oxygens (including phenoxy) is 1. The van der Waals surface area contributed by atoms with E-state index in [-0.39, 0.29) is 23.9 Å². The molecular weight excluding hydrogens is 306 g/mol. The van der Waals surface area contributed by atoms with Gasteiger partial charge in [-0.2, -0.15) is 0 Å². The first-order chi connectivity index (χ1) is 10.2. The highest BCUT2D eigenvalue weighted by molar-refractivity contribution is 7.89. The molecule has 0 saturated carbocycles. The third kappa shape index (κ3) is 5.72. The maximum Gasteiger partial charge on any atom is 0.240 e. The van der Waals surface area contributed by atoms with Crippen LogP contribution in [0, 0.1) is 0 Å². The van der Waals surface area contributed by atoms with E-state index in [1.807, 2.05) is 0 Å². The van der Waals surface area contributed by atoms with Gasteiger partial charge in [0.1, 0.15) is 0 Å². The van der Waals surface area contributed by atoms with Crippen LogP contribution in [0.4, 0.5) is 0 Å². The van der Waals surface area contributed by atoms with Crippen LogP contribution in [0.25, 0.3) is 0 Å². The number of methoxy groups -OCH3 is 1. The number of rotatable bonds is 8. The van der Waals surface area contributed by atoms with Crippen molar-refractivity contribution in [1.29, 1.82) is 0 Å². The average molecular weight is 329 g/mol. The Balaban J connectivity index is 2.76. The number of carbonyl (C=O) groups excluding carboxylic acids is 1. The summed E-state index contributed by atoms with van der Waals surface area (Å²) >= 11 is 0. The first kappa shape index (κ1) is 18.6. The van der Waals surface area contributed by atoms with Gasteiger partial charge in [0.2, 0.25) is 15.9 Å². The number of nitrogens with two attached hydrogens (primary N) is 1. The Morgan fingerprint density at radius 3 is 2.64 bits per heavy atom. The third-order valence-corrected chi connectivity index (χ3v) is 4.30. The highest BCUT2D eigenvalue weighted by Crippen LogP contribution is 2.11. The van der Waals surface area contributed by atoms with E-state index in [4.69, 9.17) is 10.5 Å². The quantitative estimate of drug-likeness (QED) is 0.580. The van der Waals surface area contributed by atoms with Gasteiger partial charge in [-0.15, -0.1) is 0 Å². The van der Waals surface area contributed by atoms with E-state index >= 15 is 0 Å². The SMILES string of the molecule is COCCNS(=O)(=O)c1cccc(CNC(=O)C(C)(C)N)c1. The minimum absolute atomic E-state index is 0.141. The molecule has 0 aliphatic carbocycles. The van der Waals surface area contributed by atoms with Crippen LogP contribution in [0.5, 0.6) is 0 Å². The summed E-state index contributed by atoms with van der Waals surface area (Å²) in [5.41, 5.74) is 5.37. The number of nitrogens with one attached hydrogen (secondary N) is 2. The van der Waals surface area contributed by atoms with Crippen LogP contribution in [-0.2, 0) is 26.1 Å². The van der Waals surface area contributed by atoms with Gasteiger partial charge in [0.05, 0.1) is 17.0 Å².